The van der Waals surface area contributed by atoms with Gasteiger partial charge in [0.2, 0.25) is 5.91 Å². The van der Waals surface area contributed by atoms with E-state index < -0.39 is 0 Å². The monoisotopic (exact) mass is 270 g/mol. The number of amides is 1. The molecule has 19 heavy (non-hydrogen) atoms. The lowest BCUT2D eigenvalue weighted by molar-refractivity contribution is -0.150. The van der Waals surface area contributed by atoms with E-state index in [4.69, 9.17) is 4.74 Å². The number of piperidine rings is 1. The third-order valence-electron chi connectivity index (χ3n) is 3.71. The summed E-state index contributed by atoms with van der Waals surface area (Å²) in [5.74, 6) is 0.0799. The molecule has 5 heteroatoms. The quantitative estimate of drug-likeness (QED) is 0.736. The Morgan fingerprint density at radius 3 is 2.42 bits per heavy atom. The summed E-state index contributed by atoms with van der Waals surface area (Å²) in [7, 11) is 1.67. The topological polar surface area (TPSA) is 58.6 Å². The Morgan fingerprint density at radius 2 is 1.95 bits per heavy atom. The van der Waals surface area contributed by atoms with E-state index in [1.807, 2.05) is 6.92 Å². The molecule has 0 aromatic heterocycles. The van der Waals surface area contributed by atoms with Gasteiger partial charge in [-0.15, -0.1) is 0 Å². The molecule has 0 saturated carbocycles. The van der Waals surface area contributed by atoms with Crippen LogP contribution in [0.25, 0.3) is 0 Å². The van der Waals surface area contributed by atoms with Crippen LogP contribution in [0.3, 0.4) is 0 Å². The first kappa shape index (κ1) is 16.0. The minimum atomic E-state index is -0.143. The first-order valence-electron chi connectivity index (χ1n) is 7.26. The van der Waals surface area contributed by atoms with Gasteiger partial charge in [-0.05, 0) is 39.3 Å². The highest BCUT2D eigenvalue weighted by atomic mass is 16.5. The molecule has 1 saturated heterocycles. The minimum absolute atomic E-state index is 0.0886. The standard InChI is InChI=1S/C14H26N2O3/c1-4-6-12(14(18)19-5-2)16-9-7-11(8-10-16)13(17)15-3/h11-12H,4-10H2,1-3H3,(H,15,17). The van der Waals surface area contributed by atoms with E-state index in [2.05, 4.69) is 17.1 Å². The third-order valence-corrected chi connectivity index (χ3v) is 3.71. The Hall–Kier alpha value is -1.10. The van der Waals surface area contributed by atoms with Crippen molar-refractivity contribution < 1.29 is 14.3 Å². The van der Waals surface area contributed by atoms with Crippen LogP contribution >= 0.6 is 0 Å². The van der Waals surface area contributed by atoms with Gasteiger partial charge in [-0.2, -0.15) is 0 Å². The lowest BCUT2D eigenvalue weighted by atomic mass is 9.94. The zero-order chi connectivity index (χ0) is 14.3. The zero-order valence-corrected chi connectivity index (χ0v) is 12.3. The fraction of sp³-hybridized carbons (Fsp3) is 0.857. The second kappa shape index (κ2) is 8.15. The summed E-state index contributed by atoms with van der Waals surface area (Å²) in [6, 6.07) is -0.143. The molecule has 1 N–H and O–H groups in total. The number of likely N-dealkylation sites (tertiary alicyclic amines) is 1. The first-order chi connectivity index (χ1) is 9.13. The van der Waals surface area contributed by atoms with Crippen LogP contribution in [0.4, 0.5) is 0 Å². The van der Waals surface area contributed by atoms with Gasteiger partial charge in [-0.25, -0.2) is 0 Å². The molecule has 1 unspecified atom stereocenters. The van der Waals surface area contributed by atoms with Gasteiger partial charge in [0.15, 0.2) is 0 Å². The molecule has 1 heterocycles. The molecule has 1 atom stereocenters. The van der Waals surface area contributed by atoms with Crippen molar-refractivity contribution in [2.75, 3.05) is 26.7 Å². The minimum Gasteiger partial charge on any atom is -0.465 e. The smallest absolute Gasteiger partial charge is 0.323 e. The van der Waals surface area contributed by atoms with Gasteiger partial charge in [0.05, 0.1) is 6.61 Å². The number of carbonyl (C=O) groups is 2. The average Bonchev–Trinajstić information content (AvgIpc) is 2.44. The maximum Gasteiger partial charge on any atom is 0.323 e. The zero-order valence-electron chi connectivity index (χ0n) is 12.3. The van der Waals surface area contributed by atoms with Gasteiger partial charge < -0.3 is 10.1 Å². The number of carbonyl (C=O) groups excluding carboxylic acids is 2. The summed E-state index contributed by atoms with van der Waals surface area (Å²) in [4.78, 5) is 25.7. The van der Waals surface area contributed by atoms with Crippen LogP contribution in [-0.2, 0) is 14.3 Å². The molecule has 0 radical (unpaired) electrons. The molecular weight excluding hydrogens is 244 g/mol. The Balaban J connectivity index is 2.54. The van der Waals surface area contributed by atoms with Gasteiger partial charge in [-0.3, -0.25) is 14.5 Å². The van der Waals surface area contributed by atoms with Gasteiger partial charge in [-0.1, -0.05) is 13.3 Å². The normalized spacial score (nSPS) is 18.9. The van der Waals surface area contributed by atoms with E-state index in [9.17, 15) is 9.59 Å². The van der Waals surface area contributed by atoms with Crippen molar-refractivity contribution in [3.05, 3.63) is 0 Å². The van der Waals surface area contributed by atoms with E-state index in [0.717, 1.165) is 38.8 Å². The summed E-state index contributed by atoms with van der Waals surface area (Å²) < 4.78 is 5.15. The van der Waals surface area contributed by atoms with E-state index in [1.54, 1.807) is 7.05 Å². The molecule has 0 aliphatic carbocycles. The van der Waals surface area contributed by atoms with Crippen molar-refractivity contribution in [1.29, 1.82) is 0 Å². The molecular formula is C14H26N2O3. The summed E-state index contributed by atoms with van der Waals surface area (Å²) >= 11 is 0. The molecule has 110 valence electrons. The fourth-order valence-corrected chi connectivity index (χ4v) is 2.64. The maximum absolute atomic E-state index is 12.0. The predicted molar refractivity (Wildman–Crippen MR) is 73.7 cm³/mol. The van der Waals surface area contributed by atoms with Gasteiger partial charge in [0.1, 0.15) is 6.04 Å². The number of nitrogens with one attached hydrogen (secondary N) is 1. The Bertz CT molecular complexity index is 299. The molecule has 1 amide bonds. The van der Waals surface area contributed by atoms with Crippen molar-refractivity contribution in [3.63, 3.8) is 0 Å². The number of nitrogens with zero attached hydrogens (tertiary/aromatic N) is 1. The molecule has 0 spiro atoms. The average molecular weight is 270 g/mol. The number of ether oxygens (including phenoxy) is 1. The first-order valence-corrected chi connectivity index (χ1v) is 7.26. The molecule has 0 aromatic rings. The molecule has 1 aliphatic rings. The van der Waals surface area contributed by atoms with E-state index in [1.165, 1.54) is 0 Å². The summed E-state index contributed by atoms with van der Waals surface area (Å²) in [5, 5.41) is 2.70. The number of rotatable bonds is 6. The summed E-state index contributed by atoms with van der Waals surface area (Å²) in [5.41, 5.74) is 0. The van der Waals surface area contributed by atoms with Crippen LogP contribution in [0, 0.1) is 5.92 Å². The van der Waals surface area contributed by atoms with Crippen LogP contribution in [0.15, 0.2) is 0 Å². The highest BCUT2D eigenvalue weighted by molar-refractivity contribution is 5.78. The molecule has 1 fully saturated rings. The van der Waals surface area contributed by atoms with E-state index in [-0.39, 0.29) is 23.8 Å². The fourth-order valence-electron chi connectivity index (χ4n) is 2.64. The van der Waals surface area contributed by atoms with Crippen LogP contribution in [0.5, 0.6) is 0 Å². The Kier molecular flexibility index (Phi) is 6.84. The SMILES string of the molecule is CCCC(C(=O)OCC)N1CCC(C(=O)NC)CC1. The molecule has 1 rings (SSSR count). The number of esters is 1. The van der Waals surface area contributed by atoms with Crippen molar-refractivity contribution >= 4 is 11.9 Å². The van der Waals surface area contributed by atoms with Crippen molar-refractivity contribution in [2.24, 2.45) is 5.92 Å². The molecule has 0 aromatic carbocycles. The second-order valence-electron chi connectivity index (χ2n) is 4.98. The van der Waals surface area contributed by atoms with Crippen molar-refractivity contribution in [2.45, 2.75) is 45.6 Å². The third kappa shape index (κ3) is 4.49. The Morgan fingerprint density at radius 1 is 1.32 bits per heavy atom. The van der Waals surface area contributed by atoms with E-state index in [0.29, 0.717) is 6.61 Å². The van der Waals surface area contributed by atoms with Crippen LogP contribution in [0.1, 0.15) is 39.5 Å². The highest BCUT2D eigenvalue weighted by Gasteiger charge is 2.31. The second-order valence-corrected chi connectivity index (χ2v) is 4.98. The highest BCUT2D eigenvalue weighted by Crippen LogP contribution is 2.21. The molecule has 5 nitrogen and oxygen atoms in total. The van der Waals surface area contributed by atoms with Crippen molar-refractivity contribution in [3.8, 4) is 0 Å². The summed E-state index contributed by atoms with van der Waals surface area (Å²) in [6.45, 7) is 5.92. The van der Waals surface area contributed by atoms with E-state index >= 15 is 0 Å². The summed E-state index contributed by atoms with van der Waals surface area (Å²) in [6.07, 6.45) is 3.42. The largest absolute Gasteiger partial charge is 0.465 e. The Labute approximate surface area is 115 Å². The number of hydrogen-bond donors (Lipinski definition) is 1. The lowest BCUT2D eigenvalue weighted by Gasteiger charge is -2.35. The van der Waals surface area contributed by atoms with Crippen molar-refractivity contribution in [1.82, 2.24) is 10.2 Å². The maximum atomic E-state index is 12.0. The van der Waals surface area contributed by atoms with Gasteiger partial charge in [0, 0.05) is 13.0 Å². The van der Waals surface area contributed by atoms with Crippen LogP contribution in [-0.4, -0.2) is 49.6 Å². The van der Waals surface area contributed by atoms with Crippen LogP contribution in [0.2, 0.25) is 0 Å². The molecule has 1 aliphatic heterocycles. The number of hydrogen-bond acceptors (Lipinski definition) is 4. The molecule has 0 bridgehead atoms. The predicted octanol–water partition coefficient (Wildman–Crippen LogP) is 1.18. The van der Waals surface area contributed by atoms with Crippen LogP contribution < -0.4 is 5.32 Å². The van der Waals surface area contributed by atoms with Gasteiger partial charge >= 0.3 is 5.97 Å². The van der Waals surface area contributed by atoms with Gasteiger partial charge in [0.25, 0.3) is 0 Å². The lowest BCUT2D eigenvalue weighted by Crippen LogP contribution is -2.48.